The molecule has 0 aliphatic heterocycles. The van der Waals surface area contributed by atoms with Crippen molar-refractivity contribution >= 4 is 23.4 Å². The van der Waals surface area contributed by atoms with Gasteiger partial charge in [0.1, 0.15) is 0 Å². The molecule has 0 radical (unpaired) electrons. The molecule has 0 amide bonds. The SMILES string of the molecule is CCCNCc1ccc(Cl)cc1Sc1ccncc1. The van der Waals surface area contributed by atoms with Gasteiger partial charge in [-0.15, -0.1) is 0 Å². The summed E-state index contributed by atoms with van der Waals surface area (Å²) in [5, 5.41) is 4.20. The molecule has 0 saturated carbocycles. The molecule has 0 fully saturated rings. The quantitative estimate of drug-likeness (QED) is 0.800. The highest BCUT2D eigenvalue weighted by Crippen LogP contribution is 2.32. The van der Waals surface area contributed by atoms with Gasteiger partial charge in [0.15, 0.2) is 0 Å². The van der Waals surface area contributed by atoms with Gasteiger partial charge in [-0.3, -0.25) is 4.98 Å². The second-order valence-electron chi connectivity index (χ2n) is 4.21. The first-order valence-corrected chi connectivity index (χ1v) is 7.56. The number of benzene rings is 1. The van der Waals surface area contributed by atoms with Crippen LogP contribution >= 0.6 is 23.4 Å². The first-order chi connectivity index (χ1) is 9.29. The predicted octanol–water partition coefficient (Wildman–Crippen LogP) is 4.39. The minimum atomic E-state index is 0.774. The summed E-state index contributed by atoms with van der Waals surface area (Å²) in [6.45, 7) is 4.07. The Balaban J connectivity index is 2.15. The Morgan fingerprint density at radius 3 is 2.74 bits per heavy atom. The maximum absolute atomic E-state index is 6.10. The highest BCUT2D eigenvalue weighted by molar-refractivity contribution is 7.99. The topological polar surface area (TPSA) is 24.9 Å². The summed E-state index contributed by atoms with van der Waals surface area (Å²) in [6.07, 6.45) is 4.75. The minimum absolute atomic E-state index is 0.774. The molecule has 1 heterocycles. The summed E-state index contributed by atoms with van der Waals surface area (Å²) >= 11 is 7.82. The number of pyridine rings is 1. The summed E-state index contributed by atoms with van der Waals surface area (Å²) in [5.74, 6) is 0. The zero-order valence-electron chi connectivity index (χ0n) is 10.9. The smallest absolute Gasteiger partial charge is 0.0417 e. The molecule has 2 aromatic rings. The molecule has 2 rings (SSSR count). The van der Waals surface area contributed by atoms with Crippen molar-refractivity contribution in [2.45, 2.75) is 29.7 Å². The van der Waals surface area contributed by atoms with Crippen LogP contribution in [0.15, 0.2) is 52.5 Å². The van der Waals surface area contributed by atoms with Crippen LogP contribution in [0, 0.1) is 0 Å². The van der Waals surface area contributed by atoms with E-state index in [4.69, 9.17) is 11.6 Å². The van der Waals surface area contributed by atoms with Crippen molar-refractivity contribution in [3.05, 3.63) is 53.3 Å². The van der Waals surface area contributed by atoms with Crippen LogP contribution in [0.1, 0.15) is 18.9 Å². The van der Waals surface area contributed by atoms with Crippen molar-refractivity contribution in [1.82, 2.24) is 10.3 Å². The molecule has 1 aromatic heterocycles. The lowest BCUT2D eigenvalue weighted by molar-refractivity contribution is 0.669. The van der Waals surface area contributed by atoms with Crippen LogP contribution in [0.3, 0.4) is 0 Å². The summed E-state index contributed by atoms with van der Waals surface area (Å²) in [4.78, 5) is 6.41. The van der Waals surface area contributed by atoms with E-state index in [0.717, 1.165) is 24.5 Å². The Morgan fingerprint density at radius 2 is 2.00 bits per heavy atom. The maximum Gasteiger partial charge on any atom is 0.0417 e. The van der Waals surface area contributed by atoms with Gasteiger partial charge in [0, 0.05) is 33.8 Å². The van der Waals surface area contributed by atoms with E-state index in [9.17, 15) is 0 Å². The lowest BCUT2D eigenvalue weighted by Crippen LogP contribution is -2.14. The van der Waals surface area contributed by atoms with Crippen molar-refractivity contribution in [1.29, 1.82) is 0 Å². The third kappa shape index (κ3) is 4.53. The molecule has 0 aliphatic rings. The zero-order valence-corrected chi connectivity index (χ0v) is 12.5. The lowest BCUT2D eigenvalue weighted by Gasteiger charge is -2.10. The summed E-state index contributed by atoms with van der Waals surface area (Å²) in [5.41, 5.74) is 1.28. The second kappa shape index (κ2) is 7.53. The van der Waals surface area contributed by atoms with E-state index in [1.165, 1.54) is 15.4 Å². The Kier molecular flexibility index (Phi) is 5.70. The van der Waals surface area contributed by atoms with Gasteiger partial charge in [0.25, 0.3) is 0 Å². The number of nitrogens with one attached hydrogen (secondary N) is 1. The molecule has 0 atom stereocenters. The van der Waals surface area contributed by atoms with Crippen molar-refractivity contribution in [2.24, 2.45) is 0 Å². The Bertz CT molecular complexity index is 517. The summed E-state index contributed by atoms with van der Waals surface area (Å²) in [6, 6.07) is 10.1. The number of aromatic nitrogens is 1. The van der Waals surface area contributed by atoms with E-state index < -0.39 is 0 Å². The average molecular weight is 293 g/mol. The van der Waals surface area contributed by atoms with E-state index in [1.54, 1.807) is 11.8 Å². The zero-order chi connectivity index (χ0) is 13.5. The van der Waals surface area contributed by atoms with Gasteiger partial charge in [-0.05, 0) is 42.8 Å². The normalized spacial score (nSPS) is 10.6. The fourth-order valence-electron chi connectivity index (χ4n) is 1.70. The lowest BCUT2D eigenvalue weighted by atomic mass is 10.2. The van der Waals surface area contributed by atoms with Crippen LogP contribution < -0.4 is 5.32 Å². The van der Waals surface area contributed by atoms with E-state index in [2.05, 4.69) is 23.3 Å². The van der Waals surface area contributed by atoms with Crippen LogP contribution in [-0.2, 0) is 6.54 Å². The average Bonchev–Trinajstić information content (AvgIpc) is 2.43. The number of hydrogen-bond acceptors (Lipinski definition) is 3. The van der Waals surface area contributed by atoms with Crippen LogP contribution in [0.2, 0.25) is 5.02 Å². The third-order valence-corrected chi connectivity index (χ3v) is 3.99. The highest BCUT2D eigenvalue weighted by atomic mass is 35.5. The van der Waals surface area contributed by atoms with Gasteiger partial charge in [-0.1, -0.05) is 36.4 Å². The predicted molar refractivity (Wildman–Crippen MR) is 81.8 cm³/mol. The van der Waals surface area contributed by atoms with Crippen molar-refractivity contribution < 1.29 is 0 Å². The van der Waals surface area contributed by atoms with Crippen LogP contribution in [-0.4, -0.2) is 11.5 Å². The van der Waals surface area contributed by atoms with Gasteiger partial charge in [-0.25, -0.2) is 0 Å². The molecule has 100 valence electrons. The number of rotatable bonds is 6. The Labute approximate surface area is 123 Å². The number of hydrogen-bond donors (Lipinski definition) is 1. The third-order valence-electron chi connectivity index (χ3n) is 2.65. The first kappa shape index (κ1) is 14.4. The molecule has 2 nitrogen and oxygen atoms in total. The summed E-state index contributed by atoms with van der Waals surface area (Å²) < 4.78 is 0. The standard InChI is InChI=1S/C15H17ClN2S/c1-2-7-18-11-12-3-4-13(16)10-15(12)19-14-5-8-17-9-6-14/h3-6,8-10,18H,2,7,11H2,1H3. The van der Waals surface area contributed by atoms with Crippen LogP contribution in [0.5, 0.6) is 0 Å². The van der Waals surface area contributed by atoms with Gasteiger partial charge in [0.05, 0.1) is 0 Å². The van der Waals surface area contributed by atoms with Gasteiger partial charge < -0.3 is 5.32 Å². The molecule has 0 spiro atoms. The molecule has 0 saturated heterocycles. The molecule has 0 bridgehead atoms. The highest BCUT2D eigenvalue weighted by Gasteiger charge is 2.05. The van der Waals surface area contributed by atoms with Crippen LogP contribution in [0.4, 0.5) is 0 Å². The largest absolute Gasteiger partial charge is 0.313 e. The van der Waals surface area contributed by atoms with Gasteiger partial charge >= 0.3 is 0 Å². The molecule has 1 N–H and O–H groups in total. The molecule has 4 heteroatoms. The molecular weight excluding hydrogens is 276 g/mol. The van der Waals surface area contributed by atoms with E-state index in [1.807, 2.05) is 36.7 Å². The first-order valence-electron chi connectivity index (χ1n) is 6.36. The minimum Gasteiger partial charge on any atom is -0.313 e. The monoisotopic (exact) mass is 292 g/mol. The number of halogens is 1. The van der Waals surface area contributed by atoms with Gasteiger partial charge in [0.2, 0.25) is 0 Å². The van der Waals surface area contributed by atoms with E-state index in [-0.39, 0.29) is 0 Å². The fourth-order valence-corrected chi connectivity index (χ4v) is 2.91. The van der Waals surface area contributed by atoms with Crippen molar-refractivity contribution in [3.63, 3.8) is 0 Å². The molecule has 0 unspecified atom stereocenters. The van der Waals surface area contributed by atoms with Crippen molar-refractivity contribution in [2.75, 3.05) is 6.54 Å². The fraction of sp³-hybridized carbons (Fsp3) is 0.267. The molecule has 0 aliphatic carbocycles. The molecule has 1 aromatic carbocycles. The van der Waals surface area contributed by atoms with Crippen LogP contribution in [0.25, 0.3) is 0 Å². The Hall–Kier alpha value is -1.03. The summed E-state index contributed by atoms with van der Waals surface area (Å²) in [7, 11) is 0. The molecule has 19 heavy (non-hydrogen) atoms. The Morgan fingerprint density at radius 1 is 1.21 bits per heavy atom. The number of nitrogens with zero attached hydrogens (tertiary/aromatic N) is 1. The second-order valence-corrected chi connectivity index (χ2v) is 5.77. The van der Waals surface area contributed by atoms with Gasteiger partial charge in [-0.2, -0.15) is 0 Å². The van der Waals surface area contributed by atoms with E-state index >= 15 is 0 Å². The maximum atomic E-state index is 6.10. The van der Waals surface area contributed by atoms with Crippen molar-refractivity contribution in [3.8, 4) is 0 Å². The van der Waals surface area contributed by atoms with E-state index in [0.29, 0.717) is 0 Å². The molecular formula is C15H17ClN2S.